The minimum absolute atomic E-state index is 0.577. The van der Waals surface area contributed by atoms with Crippen molar-refractivity contribution in [2.75, 3.05) is 0 Å². The van der Waals surface area contributed by atoms with Crippen LogP contribution in [0.25, 0.3) is 94.9 Å². The van der Waals surface area contributed by atoms with Crippen molar-refractivity contribution in [3.63, 3.8) is 0 Å². The average Bonchev–Trinajstić information content (AvgIpc) is 3.72. The Kier molecular flexibility index (Phi) is 6.39. The highest BCUT2D eigenvalue weighted by atomic mass is 16.3. The lowest BCUT2D eigenvalue weighted by molar-refractivity contribution is 0.670. The summed E-state index contributed by atoms with van der Waals surface area (Å²) in [5, 5.41) is 4.33. The number of fused-ring (bicyclic) bond motifs is 6. The zero-order valence-corrected chi connectivity index (χ0v) is 26.7. The van der Waals surface area contributed by atoms with Crippen LogP contribution in [-0.4, -0.2) is 24.5 Å². The molecule has 10 aromatic rings. The number of pyridine rings is 1. The maximum Gasteiger partial charge on any atom is 0.164 e. The van der Waals surface area contributed by atoms with Crippen molar-refractivity contribution in [1.82, 2.24) is 24.5 Å². The molecule has 0 radical (unpaired) electrons. The van der Waals surface area contributed by atoms with Gasteiger partial charge in [0.2, 0.25) is 0 Å². The van der Waals surface area contributed by atoms with Gasteiger partial charge in [0, 0.05) is 61.7 Å². The molecule has 0 N–H and O–H groups in total. The fourth-order valence-electron chi connectivity index (χ4n) is 6.97. The number of hydrogen-bond donors (Lipinski definition) is 0. The number of furan rings is 1. The molecule has 0 fully saturated rings. The second-order valence-electron chi connectivity index (χ2n) is 12.3. The summed E-state index contributed by atoms with van der Waals surface area (Å²) in [7, 11) is 0. The third-order valence-corrected chi connectivity index (χ3v) is 9.28. The summed E-state index contributed by atoms with van der Waals surface area (Å²) < 4.78 is 9.11. The Hall–Kier alpha value is -6.92. The molecule has 0 bridgehead atoms. The van der Waals surface area contributed by atoms with E-state index in [2.05, 4.69) is 77.4 Å². The Morgan fingerprint density at radius 1 is 0.440 bits per heavy atom. The SMILES string of the molecule is c1ccc(-c2nc(-c3ccccc3)nc(-c3cc(-c4ccccn4)c4oc5cc6c(cc5c4c3)c3ccccc3n6-c3ccccc3)n2)cc1. The minimum atomic E-state index is 0.577. The van der Waals surface area contributed by atoms with Crippen LogP contribution in [0, 0.1) is 0 Å². The van der Waals surface area contributed by atoms with E-state index in [-0.39, 0.29) is 0 Å². The molecule has 0 aliphatic heterocycles. The van der Waals surface area contributed by atoms with E-state index in [1.54, 1.807) is 0 Å². The van der Waals surface area contributed by atoms with Gasteiger partial charge in [-0.2, -0.15) is 0 Å². The van der Waals surface area contributed by atoms with Crippen molar-refractivity contribution in [3.05, 3.63) is 164 Å². The van der Waals surface area contributed by atoms with E-state index in [0.29, 0.717) is 17.5 Å². The lowest BCUT2D eigenvalue weighted by atomic mass is 10.0. The molecule has 6 aromatic carbocycles. The topological polar surface area (TPSA) is 69.6 Å². The molecule has 0 saturated heterocycles. The average molecular weight is 642 g/mol. The first-order valence-corrected chi connectivity index (χ1v) is 16.6. The third-order valence-electron chi connectivity index (χ3n) is 9.28. The zero-order valence-electron chi connectivity index (χ0n) is 26.7. The predicted molar refractivity (Wildman–Crippen MR) is 201 cm³/mol. The number of nitrogens with zero attached hydrogens (tertiary/aromatic N) is 5. The van der Waals surface area contributed by atoms with Crippen molar-refractivity contribution in [1.29, 1.82) is 0 Å². The molecule has 0 unspecified atom stereocenters. The van der Waals surface area contributed by atoms with Crippen molar-refractivity contribution in [3.8, 4) is 51.1 Å². The van der Waals surface area contributed by atoms with E-state index in [9.17, 15) is 0 Å². The van der Waals surface area contributed by atoms with E-state index < -0.39 is 0 Å². The van der Waals surface area contributed by atoms with Gasteiger partial charge < -0.3 is 8.98 Å². The third kappa shape index (κ3) is 4.58. The molecule has 0 spiro atoms. The summed E-state index contributed by atoms with van der Waals surface area (Å²) in [4.78, 5) is 19.8. The quantitative estimate of drug-likeness (QED) is 0.187. The van der Waals surface area contributed by atoms with Gasteiger partial charge in [-0.15, -0.1) is 0 Å². The van der Waals surface area contributed by atoms with Gasteiger partial charge in [-0.1, -0.05) is 103 Å². The van der Waals surface area contributed by atoms with Crippen molar-refractivity contribution in [2.24, 2.45) is 0 Å². The van der Waals surface area contributed by atoms with E-state index in [0.717, 1.165) is 72.0 Å². The van der Waals surface area contributed by atoms with E-state index in [4.69, 9.17) is 24.4 Å². The molecule has 50 heavy (non-hydrogen) atoms. The van der Waals surface area contributed by atoms with Gasteiger partial charge >= 0.3 is 0 Å². The van der Waals surface area contributed by atoms with Gasteiger partial charge in [-0.3, -0.25) is 4.98 Å². The molecule has 0 saturated carbocycles. The Bertz CT molecular complexity index is 2790. The molecule has 6 heteroatoms. The smallest absolute Gasteiger partial charge is 0.164 e. The number of rotatable bonds is 5. The predicted octanol–water partition coefficient (Wildman–Crippen LogP) is 10.9. The lowest BCUT2D eigenvalue weighted by Gasteiger charge is -2.10. The van der Waals surface area contributed by atoms with Crippen LogP contribution in [0.3, 0.4) is 0 Å². The molecule has 234 valence electrons. The zero-order chi connectivity index (χ0) is 33.0. The number of hydrogen-bond acceptors (Lipinski definition) is 5. The first-order valence-electron chi connectivity index (χ1n) is 16.6. The molecular weight excluding hydrogens is 615 g/mol. The summed E-state index contributed by atoms with van der Waals surface area (Å²) in [6, 6.07) is 53.7. The molecule has 0 aliphatic carbocycles. The van der Waals surface area contributed by atoms with Crippen LogP contribution in [0.2, 0.25) is 0 Å². The van der Waals surface area contributed by atoms with Crippen LogP contribution in [-0.2, 0) is 0 Å². The van der Waals surface area contributed by atoms with E-state index >= 15 is 0 Å². The summed E-state index contributed by atoms with van der Waals surface area (Å²) >= 11 is 0. The molecule has 4 heterocycles. The van der Waals surface area contributed by atoms with Gasteiger partial charge in [-0.25, -0.2) is 15.0 Å². The normalized spacial score (nSPS) is 11.6. The standard InChI is InChI=1S/C44H27N5O/c1-4-14-28(15-5-1)42-46-43(29-16-6-2-7-17-29)48-44(47-42)30-24-35-34-26-33-32-20-10-11-22-38(32)49(31-18-8-3-9-19-31)39(33)27-40(34)50-41(35)36(25-30)37-21-12-13-23-45-37/h1-27H. The molecular formula is C44H27N5O. The number of para-hydroxylation sites is 2. The summed E-state index contributed by atoms with van der Waals surface area (Å²) in [6.07, 6.45) is 1.81. The first kappa shape index (κ1) is 28.1. The Labute approximate surface area is 287 Å². The maximum atomic E-state index is 6.80. The molecule has 10 rings (SSSR count). The molecule has 4 aromatic heterocycles. The summed E-state index contributed by atoms with van der Waals surface area (Å²) in [5.74, 6) is 1.80. The van der Waals surface area contributed by atoms with Crippen LogP contribution in [0.5, 0.6) is 0 Å². The largest absolute Gasteiger partial charge is 0.455 e. The Balaban J connectivity index is 1.28. The second kappa shape index (κ2) is 11.4. The fraction of sp³-hybridized carbons (Fsp3) is 0. The maximum absolute atomic E-state index is 6.80. The highest BCUT2D eigenvalue weighted by Crippen LogP contribution is 2.42. The van der Waals surface area contributed by atoms with Gasteiger partial charge in [0.1, 0.15) is 11.2 Å². The van der Waals surface area contributed by atoms with Crippen molar-refractivity contribution < 1.29 is 4.42 Å². The highest BCUT2D eigenvalue weighted by Gasteiger charge is 2.21. The van der Waals surface area contributed by atoms with Gasteiger partial charge in [-0.05, 0) is 48.5 Å². The van der Waals surface area contributed by atoms with Crippen molar-refractivity contribution in [2.45, 2.75) is 0 Å². The molecule has 0 aliphatic rings. The van der Waals surface area contributed by atoms with E-state index in [1.807, 2.05) is 91.1 Å². The Morgan fingerprint density at radius 3 is 1.74 bits per heavy atom. The number of benzene rings is 6. The number of aromatic nitrogens is 5. The molecule has 0 amide bonds. The van der Waals surface area contributed by atoms with Gasteiger partial charge in [0.25, 0.3) is 0 Å². The summed E-state index contributed by atoms with van der Waals surface area (Å²) in [6.45, 7) is 0. The van der Waals surface area contributed by atoms with Crippen LogP contribution in [0.4, 0.5) is 0 Å². The minimum Gasteiger partial charge on any atom is -0.455 e. The first-order chi connectivity index (χ1) is 24.8. The van der Waals surface area contributed by atoms with Gasteiger partial charge in [0.05, 0.1) is 16.7 Å². The van der Waals surface area contributed by atoms with Gasteiger partial charge in [0.15, 0.2) is 17.5 Å². The van der Waals surface area contributed by atoms with Crippen molar-refractivity contribution >= 4 is 43.7 Å². The lowest BCUT2D eigenvalue weighted by Crippen LogP contribution is -2.00. The fourth-order valence-corrected chi connectivity index (χ4v) is 6.97. The van der Waals surface area contributed by atoms with Crippen LogP contribution in [0.15, 0.2) is 168 Å². The highest BCUT2D eigenvalue weighted by molar-refractivity contribution is 6.19. The second-order valence-corrected chi connectivity index (χ2v) is 12.3. The van der Waals surface area contributed by atoms with E-state index in [1.165, 1.54) is 5.39 Å². The van der Waals surface area contributed by atoms with Crippen LogP contribution >= 0.6 is 0 Å². The van der Waals surface area contributed by atoms with Crippen LogP contribution < -0.4 is 0 Å². The van der Waals surface area contributed by atoms with Crippen LogP contribution in [0.1, 0.15) is 0 Å². The Morgan fingerprint density at radius 2 is 1.06 bits per heavy atom. The molecule has 6 nitrogen and oxygen atoms in total. The molecule has 0 atom stereocenters. The monoisotopic (exact) mass is 641 g/mol. The summed E-state index contributed by atoms with van der Waals surface area (Å²) in [5.41, 5.74) is 9.27.